The van der Waals surface area contributed by atoms with Gasteiger partial charge in [-0.2, -0.15) is 0 Å². The first kappa shape index (κ1) is 14.0. The van der Waals surface area contributed by atoms with Gasteiger partial charge in [0.1, 0.15) is 0 Å². The Labute approximate surface area is 115 Å². The second-order valence-corrected chi connectivity index (χ2v) is 5.11. The largest absolute Gasteiger partial charge is 0.343 e. The van der Waals surface area contributed by atoms with E-state index >= 15 is 0 Å². The first-order valence-corrected chi connectivity index (χ1v) is 6.99. The van der Waals surface area contributed by atoms with Gasteiger partial charge >= 0.3 is 0 Å². The van der Waals surface area contributed by atoms with E-state index in [2.05, 4.69) is 46.7 Å². The van der Waals surface area contributed by atoms with Crippen LogP contribution in [0.25, 0.3) is 0 Å². The van der Waals surface area contributed by atoms with Gasteiger partial charge in [-0.3, -0.25) is 9.69 Å². The molecule has 0 saturated carbocycles. The molecule has 4 heteroatoms. The minimum absolute atomic E-state index is 0.138. The lowest BCUT2D eigenvalue weighted by atomic mass is 10.1. The Morgan fingerprint density at radius 3 is 2.63 bits per heavy atom. The van der Waals surface area contributed by atoms with Crippen LogP contribution in [0.4, 0.5) is 0 Å². The van der Waals surface area contributed by atoms with Gasteiger partial charge in [0, 0.05) is 32.6 Å². The summed E-state index contributed by atoms with van der Waals surface area (Å²) in [7, 11) is 0. The lowest BCUT2D eigenvalue weighted by Crippen LogP contribution is -2.48. The second kappa shape index (κ2) is 7.26. The third kappa shape index (κ3) is 5.01. The van der Waals surface area contributed by atoms with Gasteiger partial charge in [-0.25, -0.2) is 0 Å². The smallest absolute Gasteiger partial charge is 0.221 e. The molecule has 0 unspecified atom stereocenters. The molecule has 4 nitrogen and oxygen atoms in total. The lowest BCUT2D eigenvalue weighted by molar-refractivity contribution is -0.121. The molecule has 2 rings (SSSR count). The molecule has 0 aromatic heterocycles. The highest BCUT2D eigenvalue weighted by Gasteiger charge is 2.10. The minimum Gasteiger partial charge on any atom is -0.343 e. The van der Waals surface area contributed by atoms with E-state index in [9.17, 15) is 4.79 Å². The summed E-state index contributed by atoms with van der Waals surface area (Å²) in [6.07, 6.45) is 1.38. The fourth-order valence-corrected chi connectivity index (χ4v) is 2.17. The first-order chi connectivity index (χ1) is 9.24. The molecule has 2 N–H and O–H groups in total. The maximum absolute atomic E-state index is 11.8. The predicted molar refractivity (Wildman–Crippen MR) is 77.0 cm³/mol. The highest BCUT2D eigenvalue weighted by molar-refractivity contribution is 5.76. The number of rotatable bonds is 5. The number of nitrogens with zero attached hydrogens (tertiary/aromatic N) is 1. The van der Waals surface area contributed by atoms with E-state index in [1.165, 1.54) is 11.1 Å². The topological polar surface area (TPSA) is 44.4 Å². The maximum Gasteiger partial charge on any atom is 0.221 e. The molecule has 19 heavy (non-hydrogen) atoms. The zero-order chi connectivity index (χ0) is 13.5. The molecule has 0 bridgehead atoms. The molecule has 0 aliphatic carbocycles. The van der Waals surface area contributed by atoms with Gasteiger partial charge in [0.25, 0.3) is 0 Å². The fraction of sp³-hybridized carbons (Fsp3) is 0.533. The molecule has 0 spiro atoms. The number of amides is 1. The van der Waals surface area contributed by atoms with Gasteiger partial charge in [0.05, 0.1) is 6.67 Å². The SMILES string of the molecule is Cc1ccc(CCC(=O)NCN2CCNCC2)cc1. The van der Waals surface area contributed by atoms with Crippen molar-refractivity contribution in [2.75, 3.05) is 32.8 Å². The Bertz CT molecular complexity index is 396. The van der Waals surface area contributed by atoms with Crippen LogP contribution in [0.1, 0.15) is 17.5 Å². The lowest BCUT2D eigenvalue weighted by Gasteiger charge is -2.27. The molecule has 104 valence electrons. The number of carbonyl (C=O) groups excluding carboxylic acids is 1. The van der Waals surface area contributed by atoms with Gasteiger partial charge in [0.15, 0.2) is 0 Å². The summed E-state index contributed by atoms with van der Waals surface area (Å²) in [5, 5.41) is 6.29. The van der Waals surface area contributed by atoms with Crippen LogP contribution < -0.4 is 10.6 Å². The van der Waals surface area contributed by atoms with Crippen molar-refractivity contribution in [3.05, 3.63) is 35.4 Å². The molecule has 0 atom stereocenters. The normalized spacial score (nSPS) is 16.3. The van der Waals surface area contributed by atoms with E-state index < -0.39 is 0 Å². The molecule has 1 fully saturated rings. The Hall–Kier alpha value is -1.39. The molecular formula is C15H23N3O. The third-order valence-corrected chi connectivity index (χ3v) is 3.47. The summed E-state index contributed by atoms with van der Waals surface area (Å²) < 4.78 is 0. The van der Waals surface area contributed by atoms with Crippen molar-refractivity contribution in [2.45, 2.75) is 19.8 Å². The summed E-state index contributed by atoms with van der Waals surface area (Å²) in [5.41, 5.74) is 2.48. The summed E-state index contributed by atoms with van der Waals surface area (Å²) in [6, 6.07) is 8.37. The van der Waals surface area contributed by atoms with E-state index in [0.717, 1.165) is 32.6 Å². The van der Waals surface area contributed by atoms with Crippen molar-refractivity contribution in [1.82, 2.24) is 15.5 Å². The van der Waals surface area contributed by atoms with Crippen LogP contribution >= 0.6 is 0 Å². The van der Waals surface area contributed by atoms with Crippen molar-refractivity contribution in [1.29, 1.82) is 0 Å². The van der Waals surface area contributed by atoms with E-state index in [4.69, 9.17) is 0 Å². The summed E-state index contributed by atoms with van der Waals surface area (Å²) in [5.74, 6) is 0.138. The highest BCUT2D eigenvalue weighted by atomic mass is 16.1. The first-order valence-electron chi connectivity index (χ1n) is 6.99. The predicted octanol–water partition coefficient (Wildman–Crippen LogP) is 0.907. The van der Waals surface area contributed by atoms with Crippen LogP contribution in [0.2, 0.25) is 0 Å². The molecule has 1 aromatic rings. The molecule has 1 amide bonds. The van der Waals surface area contributed by atoms with Gasteiger partial charge in [-0.05, 0) is 18.9 Å². The second-order valence-electron chi connectivity index (χ2n) is 5.11. The molecule has 0 radical (unpaired) electrons. The van der Waals surface area contributed by atoms with Crippen molar-refractivity contribution in [2.24, 2.45) is 0 Å². The third-order valence-electron chi connectivity index (χ3n) is 3.47. The summed E-state index contributed by atoms with van der Waals surface area (Å²) in [6.45, 7) is 6.80. The number of benzene rings is 1. The van der Waals surface area contributed by atoms with Gasteiger partial charge in [-0.15, -0.1) is 0 Å². The highest BCUT2D eigenvalue weighted by Crippen LogP contribution is 2.05. The average molecular weight is 261 g/mol. The molecule has 1 aromatic carbocycles. The monoisotopic (exact) mass is 261 g/mol. The minimum atomic E-state index is 0.138. The van der Waals surface area contributed by atoms with Gasteiger partial charge in [-0.1, -0.05) is 29.8 Å². The summed E-state index contributed by atoms with van der Waals surface area (Å²) in [4.78, 5) is 14.0. The van der Waals surface area contributed by atoms with E-state index in [1.807, 2.05) is 0 Å². The quantitative estimate of drug-likeness (QED) is 0.828. The van der Waals surface area contributed by atoms with Crippen molar-refractivity contribution >= 4 is 5.91 Å². The van der Waals surface area contributed by atoms with E-state index in [1.54, 1.807) is 0 Å². The standard InChI is InChI=1S/C15H23N3O/c1-13-2-4-14(5-3-13)6-7-15(19)17-12-18-10-8-16-9-11-18/h2-5,16H,6-12H2,1H3,(H,17,19). The zero-order valence-electron chi connectivity index (χ0n) is 11.6. The van der Waals surface area contributed by atoms with Gasteiger partial charge in [0.2, 0.25) is 5.91 Å². The van der Waals surface area contributed by atoms with Crippen LogP contribution in [0.3, 0.4) is 0 Å². The Morgan fingerprint density at radius 1 is 1.26 bits per heavy atom. The number of carbonyl (C=O) groups is 1. The Balaban J connectivity index is 1.65. The maximum atomic E-state index is 11.8. The Morgan fingerprint density at radius 2 is 1.95 bits per heavy atom. The number of aryl methyl sites for hydroxylation is 2. The molecular weight excluding hydrogens is 238 g/mol. The number of piperazine rings is 1. The van der Waals surface area contributed by atoms with Crippen LogP contribution in [0, 0.1) is 6.92 Å². The Kier molecular flexibility index (Phi) is 5.36. The van der Waals surface area contributed by atoms with Crippen LogP contribution in [-0.2, 0) is 11.2 Å². The van der Waals surface area contributed by atoms with Crippen molar-refractivity contribution in [3.63, 3.8) is 0 Å². The van der Waals surface area contributed by atoms with E-state index in [-0.39, 0.29) is 5.91 Å². The number of hydrogen-bond acceptors (Lipinski definition) is 3. The zero-order valence-corrected chi connectivity index (χ0v) is 11.6. The van der Waals surface area contributed by atoms with Crippen LogP contribution in [0.15, 0.2) is 24.3 Å². The van der Waals surface area contributed by atoms with Crippen LogP contribution in [-0.4, -0.2) is 43.7 Å². The molecule has 1 aliphatic rings. The van der Waals surface area contributed by atoms with Crippen molar-refractivity contribution in [3.8, 4) is 0 Å². The number of hydrogen-bond donors (Lipinski definition) is 2. The molecule has 1 heterocycles. The fourth-order valence-electron chi connectivity index (χ4n) is 2.17. The average Bonchev–Trinajstić information content (AvgIpc) is 2.45. The van der Waals surface area contributed by atoms with Crippen LogP contribution in [0.5, 0.6) is 0 Å². The van der Waals surface area contributed by atoms with Crippen molar-refractivity contribution < 1.29 is 4.79 Å². The summed E-state index contributed by atoms with van der Waals surface area (Å²) >= 11 is 0. The molecule has 1 saturated heterocycles. The van der Waals surface area contributed by atoms with E-state index in [0.29, 0.717) is 13.1 Å². The molecule has 1 aliphatic heterocycles. The number of nitrogens with one attached hydrogen (secondary N) is 2. The van der Waals surface area contributed by atoms with Gasteiger partial charge < -0.3 is 10.6 Å².